The Morgan fingerprint density at radius 2 is 2.00 bits per heavy atom. The molecular weight excluding hydrogens is 536 g/mol. The van der Waals surface area contributed by atoms with Crippen molar-refractivity contribution in [1.82, 2.24) is 15.2 Å². The molecule has 0 unspecified atom stereocenters. The van der Waals surface area contributed by atoms with E-state index in [1.165, 1.54) is 17.2 Å². The van der Waals surface area contributed by atoms with Crippen LogP contribution in [0.4, 0.5) is 23.7 Å². The molecule has 0 fully saturated rings. The molecule has 4 rings (SSSR count). The number of pyridine rings is 1. The van der Waals surface area contributed by atoms with Crippen molar-refractivity contribution >= 4 is 44.9 Å². The van der Waals surface area contributed by atoms with Crippen molar-refractivity contribution in [2.24, 2.45) is 0 Å². The molecule has 1 N–H and O–H groups in total. The molecular formula is C26H24ClCoF3N4O. The third kappa shape index (κ3) is 5.81. The predicted molar refractivity (Wildman–Crippen MR) is 134 cm³/mol. The van der Waals surface area contributed by atoms with Gasteiger partial charge in [0, 0.05) is 6.54 Å². The zero-order valence-corrected chi connectivity index (χ0v) is 21.2. The number of hydrogen-bond donors (Lipinski definition) is 1. The van der Waals surface area contributed by atoms with Crippen LogP contribution in [0, 0.1) is 0 Å². The van der Waals surface area contributed by atoms with Gasteiger partial charge < -0.3 is 0 Å². The van der Waals surface area contributed by atoms with E-state index >= 15 is 0 Å². The average Bonchev–Trinajstić information content (AvgIpc) is 2.86. The molecule has 0 bridgehead atoms. The molecule has 191 valence electrons. The van der Waals surface area contributed by atoms with Gasteiger partial charge in [0.1, 0.15) is 0 Å². The Balaban J connectivity index is 1.52. The molecule has 0 spiro atoms. The number of anilines is 1. The first kappa shape index (κ1) is 26.3. The number of alkyl halides is 3. The van der Waals surface area contributed by atoms with Crippen LogP contribution in [0.15, 0.2) is 54.7 Å². The third-order valence-corrected chi connectivity index (χ3v) is 6.71. The molecule has 0 radical (unpaired) electrons. The van der Waals surface area contributed by atoms with Gasteiger partial charge >= 0.3 is 160 Å². The Morgan fingerprint density at radius 3 is 2.61 bits per heavy atom. The zero-order chi connectivity index (χ0) is 25.9. The van der Waals surface area contributed by atoms with E-state index in [1.807, 2.05) is 25.1 Å². The SMILES string of the molecule is CCN(C(=O)N[CH]=[Co])c1cnc2ccc(C3=CCN(Cc4ccc(C(F)(F)F)cc4)CC3)c(Cl)c2c1. The van der Waals surface area contributed by atoms with Crippen molar-refractivity contribution in [3.05, 3.63) is 76.5 Å². The monoisotopic (exact) mass is 559 g/mol. The number of nitrogens with one attached hydrogen (secondary N) is 1. The Hall–Kier alpha value is -2.72. The minimum atomic E-state index is -4.33. The number of nitrogens with zero attached hydrogens (tertiary/aromatic N) is 3. The fourth-order valence-corrected chi connectivity index (χ4v) is 4.73. The van der Waals surface area contributed by atoms with Crippen molar-refractivity contribution < 1.29 is 33.3 Å². The third-order valence-electron chi connectivity index (χ3n) is 6.16. The maximum atomic E-state index is 12.8. The summed E-state index contributed by atoms with van der Waals surface area (Å²) in [5, 5.41) is 5.14. The first-order valence-electron chi connectivity index (χ1n) is 11.3. The number of carbonyl (C=O) groups excluding carboxylic acids is 1. The number of benzene rings is 2. The molecule has 0 atom stereocenters. The van der Waals surface area contributed by atoms with E-state index in [-0.39, 0.29) is 6.03 Å². The number of urea groups is 1. The predicted octanol–water partition coefficient (Wildman–Crippen LogP) is 6.04. The van der Waals surface area contributed by atoms with Crippen LogP contribution >= 0.6 is 11.6 Å². The average molecular weight is 560 g/mol. The molecule has 2 heterocycles. The van der Waals surface area contributed by atoms with Gasteiger partial charge in [-0.1, -0.05) is 12.1 Å². The Labute approximate surface area is 220 Å². The Morgan fingerprint density at radius 1 is 1.25 bits per heavy atom. The second kappa shape index (κ2) is 11.1. The number of halogens is 4. The summed E-state index contributed by atoms with van der Waals surface area (Å²) in [5.41, 5.74) is 3.56. The van der Waals surface area contributed by atoms with Crippen LogP contribution in [0.3, 0.4) is 0 Å². The van der Waals surface area contributed by atoms with E-state index in [0.717, 1.165) is 52.7 Å². The first-order valence-corrected chi connectivity index (χ1v) is 12.3. The van der Waals surface area contributed by atoms with Crippen molar-refractivity contribution in [3.8, 4) is 0 Å². The van der Waals surface area contributed by atoms with E-state index in [9.17, 15) is 18.0 Å². The van der Waals surface area contributed by atoms with Gasteiger partial charge in [0.2, 0.25) is 0 Å². The van der Waals surface area contributed by atoms with E-state index < -0.39 is 11.7 Å². The molecule has 2 aromatic carbocycles. The number of rotatable bonds is 6. The summed E-state index contributed by atoms with van der Waals surface area (Å²) in [4.78, 5) is 20.5. The standard InChI is InChI=1S/C26H24ClF3N4O.Co/c1-3-34(25(35)31-2)20-14-22-23(32-15-20)9-8-21(24(22)27)18-10-12-33(13-11-18)16-17-4-6-19(7-5-17)26(28,29)30;/h2,4-10,14-15H,3,11-13,16H2,1H3,(H,31,35);. The van der Waals surface area contributed by atoms with E-state index in [1.54, 1.807) is 11.1 Å². The normalized spacial score (nSPS) is 14.4. The fourth-order valence-electron chi connectivity index (χ4n) is 4.27. The Kier molecular flexibility index (Phi) is 8.14. The van der Waals surface area contributed by atoms with Crippen LogP contribution in [0.1, 0.15) is 30.0 Å². The molecule has 0 saturated carbocycles. The zero-order valence-electron chi connectivity index (χ0n) is 19.4. The van der Waals surface area contributed by atoms with Gasteiger partial charge in [-0.15, -0.1) is 0 Å². The van der Waals surface area contributed by atoms with Gasteiger partial charge in [0.15, 0.2) is 0 Å². The molecule has 36 heavy (non-hydrogen) atoms. The van der Waals surface area contributed by atoms with E-state index in [2.05, 4.69) is 36.6 Å². The molecule has 1 aliphatic rings. The van der Waals surface area contributed by atoms with Crippen LogP contribution in [0.25, 0.3) is 16.5 Å². The Bertz CT molecular complexity index is 1310. The van der Waals surface area contributed by atoms with Crippen LogP contribution in [-0.2, 0) is 28.0 Å². The van der Waals surface area contributed by atoms with Crippen molar-refractivity contribution in [3.63, 3.8) is 0 Å². The summed E-state index contributed by atoms with van der Waals surface area (Å²) in [5.74, 6) is 0. The topological polar surface area (TPSA) is 48.5 Å². The number of amides is 2. The second-order valence-electron chi connectivity index (χ2n) is 8.39. The van der Waals surface area contributed by atoms with Crippen molar-refractivity contribution in [1.29, 1.82) is 0 Å². The summed E-state index contributed by atoms with van der Waals surface area (Å²) in [6.45, 7) is 4.29. The quantitative estimate of drug-likeness (QED) is 0.401. The molecule has 10 heteroatoms. The van der Waals surface area contributed by atoms with E-state index in [0.29, 0.717) is 30.3 Å². The number of fused-ring (bicyclic) bond motifs is 1. The first-order chi connectivity index (χ1) is 17.2. The number of aromatic nitrogens is 1. The molecule has 0 aliphatic carbocycles. The van der Waals surface area contributed by atoms with Crippen molar-refractivity contribution in [2.75, 3.05) is 24.5 Å². The van der Waals surface area contributed by atoms with Gasteiger partial charge in [0.25, 0.3) is 0 Å². The molecule has 3 aromatic rings. The van der Waals surface area contributed by atoms with Gasteiger partial charge in [0.05, 0.1) is 5.56 Å². The van der Waals surface area contributed by atoms with Crippen LogP contribution in [0.2, 0.25) is 5.02 Å². The van der Waals surface area contributed by atoms with Crippen LogP contribution in [-0.4, -0.2) is 40.6 Å². The minimum absolute atomic E-state index is 0.317. The summed E-state index contributed by atoms with van der Waals surface area (Å²) >= 11 is 10.8. The molecule has 1 aliphatic heterocycles. The van der Waals surface area contributed by atoms with Gasteiger partial charge in [-0.2, -0.15) is 13.2 Å². The van der Waals surface area contributed by atoms with Crippen LogP contribution < -0.4 is 10.2 Å². The molecule has 2 amide bonds. The van der Waals surface area contributed by atoms with E-state index in [4.69, 9.17) is 11.6 Å². The second-order valence-corrected chi connectivity index (χ2v) is 9.06. The molecule has 0 saturated heterocycles. The van der Waals surface area contributed by atoms with Crippen molar-refractivity contribution in [2.45, 2.75) is 26.1 Å². The summed E-state index contributed by atoms with van der Waals surface area (Å²) in [6, 6.07) is 10.7. The molecule has 1 aromatic heterocycles. The van der Waals surface area contributed by atoms with Gasteiger partial charge in [-0.05, 0) is 17.7 Å². The molecule has 5 nitrogen and oxygen atoms in total. The maximum absolute atomic E-state index is 12.8. The van der Waals surface area contributed by atoms with Crippen LogP contribution in [0.5, 0.6) is 0 Å². The summed E-state index contributed by atoms with van der Waals surface area (Å²) in [7, 11) is 0. The van der Waals surface area contributed by atoms with Gasteiger partial charge in [-0.3, -0.25) is 4.90 Å². The fraction of sp³-hybridized carbons (Fsp3) is 0.269. The summed E-state index contributed by atoms with van der Waals surface area (Å²) in [6.07, 6.45) is 0.160. The number of hydrogen-bond acceptors (Lipinski definition) is 3. The number of carbonyl (C=O) groups is 1. The summed E-state index contributed by atoms with van der Waals surface area (Å²) < 4.78 is 38.4. The van der Waals surface area contributed by atoms with Gasteiger partial charge in [-0.25, -0.2) is 0 Å².